The van der Waals surface area contributed by atoms with Crippen molar-refractivity contribution in [1.82, 2.24) is 19.7 Å². The lowest BCUT2D eigenvalue weighted by atomic mass is 10.1. The van der Waals surface area contributed by atoms with Gasteiger partial charge < -0.3 is 5.32 Å². The summed E-state index contributed by atoms with van der Waals surface area (Å²) in [6.45, 7) is 5.86. The molecule has 0 radical (unpaired) electrons. The van der Waals surface area contributed by atoms with Crippen LogP contribution in [0.4, 0.5) is 5.69 Å². The number of benzene rings is 2. The van der Waals surface area contributed by atoms with E-state index in [2.05, 4.69) is 20.5 Å². The normalized spacial score (nSPS) is 11.7. The van der Waals surface area contributed by atoms with Crippen LogP contribution in [0.15, 0.2) is 78.2 Å². The van der Waals surface area contributed by atoms with Gasteiger partial charge in [-0.25, -0.2) is 0 Å². The van der Waals surface area contributed by atoms with Crippen molar-refractivity contribution in [3.8, 4) is 17.1 Å². The van der Waals surface area contributed by atoms with E-state index in [4.69, 9.17) is 0 Å². The second-order valence-corrected chi connectivity index (χ2v) is 9.52. The largest absolute Gasteiger partial charge is 0.326 e. The molecule has 2 aromatic heterocycles. The molecule has 8 heteroatoms. The standard InChI is InChI=1S/C27H27N5O2S/c1-4-5-24(33)29-22-10-8-20(9-11-22)25(34)19(3)35-27-31-30-26(21-14-16-28-17-15-21)32(27)23-12-6-18(2)7-13-23/h6-17,19H,4-5H2,1-3H3,(H,29,33). The van der Waals surface area contributed by atoms with Crippen LogP contribution < -0.4 is 5.32 Å². The van der Waals surface area contributed by atoms with Crippen molar-refractivity contribution in [2.75, 3.05) is 5.32 Å². The van der Waals surface area contributed by atoms with E-state index in [1.807, 2.05) is 61.7 Å². The van der Waals surface area contributed by atoms with Crippen LogP contribution in [0.2, 0.25) is 0 Å². The highest BCUT2D eigenvalue weighted by molar-refractivity contribution is 8.00. The number of hydrogen-bond donors (Lipinski definition) is 1. The first-order valence-electron chi connectivity index (χ1n) is 11.5. The molecule has 4 aromatic rings. The molecule has 0 spiro atoms. The molecule has 0 bridgehead atoms. The Kier molecular flexibility index (Phi) is 7.72. The summed E-state index contributed by atoms with van der Waals surface area (Å²) >= 11 is 1.36. The minimum atomic E-state index is -0.394. The van der Waals surface area contributed by atoms with Gasteiger partial charge in [-0.2, -0.15) is 0 Å². The first-order valence-corrected chi connectivity index (χ1v) is 12.4. The number of aryl methyl sites for hydroxylation is 1. The lowest BCUT2D eigenvalue weighted by molar-refractivity contribution is -0.116. The van der Waals surface area contributed by atoms with Crippen LogP contribution in [0.1, 0.15) is 42.6 Å². The maximum atomic E-state index is 13.2. The number of rotatable bonds is 9. The van der Waals surface area contributed by atoms with E-state index in [1.54, 1.807) is 36.7 Å². The topological polar surface area (TPSA) is 89.8 Å². The molecule has 35 heavy (non-hydrogen) atoms. The highest BCUT2D eigenvalue weighted by atomic mass is 32.2. The van der Waals surface area contributed by atoms with Crippen molar-refractivity contribution in [2.45, 2.75) is 44.0 Å². The Hall–Kier alpha value is -3.78. The van der Waals surface area contributed by atoms with E-state index in [9.17, 15) is 9.59 Å². The predicted octanol–water partition coefficient (Wildman–Crippen LogP) is 5.74. The number of amides is 1. The smallest absolute Gasteiger partial charge is 0.224 e. The van der Waals surface area contributed by atoms with Crippen molar-refractivity contribution >= 4 is 29.1 Å². The molecule has 0 aliphatic heterocycles. The summed E-state index contributed by atoms with van der Waals surface area (Å²) in [5.41, 5.74) is 4.22. The van der Waals surface area contributed by atoms with Gasteiger partial charge in [0, 0.05) is 41.3 Å². The molecule has 2 aromatic carbocycles. The lowest BCUT2D eigenvalue weighted by Crippen LogP contribution is -2.15. The monoisotopic (exact) mass is 485 g/mol. The highest BCUT2D eigenvalue weighted by Crippen LogP contribution is 2.31. The fourth-order valence-electron chi connectivity index (χ4n) is 3.58. The van der Waals surface area contributed by atoms with Crippen molar-refractivity contribution in [2.24, 2.45) is 0 Å². The number of hydrogen-bond acceptors (Lipinski definition) is 6. The minimum Gasteiger partial charge on any atom is -0.326 e. The Bertz CT molecular complexity index is 1300. The quantitative estimate of drug-likeness (QED) is 0.240. The Balaban J connectivity index is 1.57. The average molecular weight is 486 g/mol. The lowest BCUT2D eigenvalue weighted by Gasteiger charge is -2.14. The van der Waals surface area contributed by atoms with Crippen molar-refractivity contribution < 1.29 is 9.59 Å². The van der Waals surface area contributed by atoms with Gasteiger partial charge in [0.2, 0.25) is 5.91 Å². The SMILES string of the molecule is CCCC(=O)Nc1ccc(C(=O)C(C)Sc2nnc(-c3ccncc3)n2-c2ccc(C)cc2)cc1. The number of carbonyl (C=O) groups is 2. The number of thioether (sulfide) groups is 1. The molecule has 7 nitrogen and oxygen atoms in total. The van der Waals surface area contributed by atoms with Crippen LogP contribution in [0.3, 0.4) is 0 Å². The average Bonchev–Trinajstić information content (AvgIpc) is 3.28. The molecule has 1 unspecified atom stereocenters. The zero-order chi connectivity index (χ0) is 24.8. The van der Waals surface area contributed by atoms with Gasteiger partial charge in [-0.1, -0.05) is 36.4 Å². The summed E-state index contributed by atoms with van der Waals surface area (Å²) in [7, 11) is 0. The van der Waals surface area contributed by atoms with Crippen LogP contribution in [-0.4, -0.2) is 36.7 Å². The van der Waals surface area contributed by atoms with E-state index in [0.717, 1.165) is 23.2 Å². The highest BCUT2D eigenvalue weighted by Gasteiger charge is 2.23. The van der Waals surface area contributed by atoms with Gasteiger partial charge in [0.25, 0.3) is 0 Å². The van der Waals surface area contributed by atoms with Gasteiger partial charge in [-0.3, -0.25) is 19.1 Å². The van der Waals surface area contributed by atoms with E-state index in [1.165, 1.54) is 11.8 Å². The third kappa shape index (κ3) is 5.84. The van der Waals surface area contributed by atoms with Crippen molar-refractivity contribution in [3.05, 3.63) is 84.2 Å². The predicted molar refractivity (Wildman–Crippen MR) is 139 cm³/mol. The summed E-state index contributed by atoms with van der Waals surface area (Å²) in [5.74, 6) is 0.631. The van der Waals surface area contributed by atoms with Crippen LogP contribution in [0.25, 0.3) is 17.1 Å². The second kappa shape index (κ2) is 11.1. The number of carbonyl (C=O) groups excluding carboxylic acids is 2. The second-order valence-electron chi connectivity index (χ2n) is 8.21. The number of pyridine rings is 1. The zero-order valence-corrected chi connectivity index (χ0v) is 20.7. The maximum absolute atomic E-state index is 13.2. The van der Waals surface area contributed by atoms with Gasteiger partial charge in [0.1, 0.15) is 0 Å². The summed E-state index contributed by atoms with van der Waals surface area (Å²) in [6, 6.07) is 18.9. The summed E-state index contributed by atoms with van der Waals surface area (Å²) in [6.07, 6.45) is 4.69. The number of ketones is 1. The number of Topliss-reactive ketones (excluding diaryl/α,β-unsaturated/α-hetero) is 1. The molecule has 178 valence electrons. The van der Waals surface area contributed by atoms with E-state index >= 15 is 0 Å². The molecule has 1 amide bonds. The van der Waals surface area contributed by atoms with Crippen LogP contribution >= 0.6 is 11.8 Å². The first-order chi connectivity index (χ1) is 17.0. The molecule has 0 aliphatic carbocycles. The molecule has 0 saturated carbocycles. The number of nitrogens with zero attached hydrogens (tertiary/aromatic N) is 4. The molecule has 0 saturated heterocycles. The Morgan fingerprint density at radius 3 is 2.31 bits per heavy atom. The number of aromatic nitrogens is 4. The van der Waals surface area contributed by atoms with Gasteiger partial charge in [-0.05, 0) is 68.8 Å². The maximum Gasteiger partial charge on any atom is 0.224 e. The third-order valence-electron chi connectivity index (χ3n) is 5.45. The molecule has 4 rings (SSSR count). The Morgan fingerprint density at radius 1 is 0.971 bits per heavy atom. The fraction of sp³-hybridized carbons (Fsp3) is 0.222. The fourth-order valence-corrected chi connectivity index (χ4v) is 4.52. The minimum absolute atomic E-state index is 0.0228. The van der Waals surface area contributed by atoms with Crippen LogP contribution in [-0.2, 0) is 4.79 Å². The molecule has 1 N–H and O–H groups in total. The molecular formula is C27H27N5O2S. The van der Waals surface area contributed by atoms with Gasteiger partial charge in [0.15, 0.2) is 16.8 Å². The van der Waals surface area contributed by atoms with E-state index < -0.39 is 5.25 Å². The molecule has 0 aliphatic rings. The Labute approximate surface area is 209 Å². The summed E-state index contributed by atoms with van der Waals surface area (Å²) in [5, 5.41) is 11.9. The third-order valence-corrected chi connectivity index (χ3v) is 6.49. The molecule has 1 atom stereocenters. The van der Waals surface area contributed by atoms with Gasteiger partial charge in [0.05, 0.1) is 5.25 Å². The van der Waals surface area contributed by atoms with Crippen molar-refractivity contribution in [3.63, 3.8) is 0 Å². The first kappa shape index (κ1) is 24.3. The van der Waals surface area contributed by atoms with Crippen LogP contribution in [0, 0.1) is 6.92 Å². The molecular weight excluding hydrogens is 458 g/mol. The van der Waals surface area contributed by atoms with Crippen molar-refractivity contribution in [1.29, 1.82) is 0 Å². The van der Waals surface area contributed by atoms with E-state index in [-0.39, 0.29) is 11.7 Å². The molecule has 2 heterocycles. The Morgan fingerprint density at radius 2 is 1.66 bits per heavy atom. The van der Waals surface area contributed by atoms with Crippen LogP contribution in [0.5, 0.6) is 0 Å². The summed E-state index contributed by atoms with van der Waals surface area (Å²) < 4.78 is 1.97. The van der Waals surface area contributed by atoms with Gasteiger partial charge >= 0.3 is 0 Å². The summed E-state index contributed by atoms with van der Waals surface area (Å²) in [4.78, 5) is 29.1. The van der Waals surface area contributed by atoms with Gasteiger partial charge in [-0.15, -0.1) is 10.2 Å². The number of nitrogens with one attached hydrogen (secondary N) is 1. The zero-order valence-electron chi connectivity index (χ0n) is 19.9. The van der Waals surface area contributed by atoms with E-state index in [0.29, 0.717) is 28.7 Å². The molecule has 0 fully saturated rings. The number of anilines is 1.